The molecule has 2 nitrogen and oxygen atoms in total. The van der Waals surface area contributed by atoms with Crippen molar-refractivity contribution in [2.24, 2.45) is 11.7 Å². The van der Waals surface area contributed by atoms with Crippen LogP contribution in [0.2, 0.25) is 0 Å². The van der Waals surface area contributed by atoms with Gasteiger partial charge in [-0.05, 0) is 39.2 Å². The highest BCUT2D eigenvalue weighted by molar-refractivity contribution is 4.88. The van der Waals surface area contributed by atoms with Crippen molar-refractivity contribution in [3.63, 3.8) is 0 Å². The Hall–Kier alpha value is -0.0800. The van der Waals surface area contributed by atoms with Crippen molar-refractivity contribution in [3.8, 4) is 0 Å². The number of rotatable bonds is 9. The third kappa shape index (κ3) is 4.42. The van der Waals surface area contributed by atoms with Gasteiger partial charge in [0, 0.05) is 18.6 Å². The van der Waals surface area contributed by atoms with Crippen molar-refractivity contribution in [3.05, 3.63) is 0 Å². The molecule has 0 radical (unpaired) electrons. The number of nitrogens with two attached hydrogens (primary N) is 1. The zero-order valence-corrected chi connectivity index (χ0v) is 11.5. The number of hydrogen-bond acceptors (Lipinski definition) is 2. The second kappa shape index (κ2) is 6.61. The van der Waals surface area contributed by atoms with Crippen molar-refractivity contribution in [2.75, 3.05) is 20.1 Å². The smallest absolute Gasteiger partial charge is 0.0300 e. The molecule has 0 bridgehead atoms. The van der Waals surface area contributed by atoms with E-state index < -0.39 is 0 Å². The fourth-order valence-corrected chi connectivity index (χ4v) is 2.29. The molecule has 96 valence electrons. The molecule has 0 amide bonds. The third-order valence-electron chi connectivity index (χ3n) is 4.16. The SMILES string of the molecule is CCCCCCC(C)(CN)N(C)CC1CC1. The van der Waals surface area contributed by atoms with Gasteiger partial charge in [-0.2, -0.15) is 0 Å². The average Bonchev–Trinajstić information content (AvgIpc) is 3.08. The number of nitrogens with zero attached hydrogens (tertiary/aromatic N) is 1. The molecule has 1 saturated carbocycles. The van der Waals surface area contributed by atoms with Gasteiger partial charge in [-0.25, -0.2) is 0 Å². The van der Waals surface area contributed by atoms with E-state index in [-0.39, 0.29) is 5.54 Å². The predicted octanol–water partition coefficient (Wildman–Crippen LogP) is 3.02. The lowest BCUT2D eigenvalue weighted by molar-refractivity contribution is 0.124. The van der Waals surface area contributed by atoms with Crippen molar-refractivity contribution < 1.29 is 0 Å². The standard InChI is InChI=1S/C14H30N2/c1-4-5-6-7-10-14(2,12-15)16(3)11-13-8-9-13/h13H,4-12,15H2,1-3H3. The summed E-state index contributed by atoms with van der Waals surface area (Å²) in [4.78, 5) is 2.51. The summed E-state index contributed by atoms with van der Waals surface area (Å²) in [5, 5.41) is 0. The number of unbranched alkanes of at least 4 members (excludes halogenated alkanes) is 3. The highest BCUT2D eigenvalue weighted by atomic mass is 15.2. The highest BCUT2D eigenvalue weighted by Gasteiger charge is 2.31. The summed E-state index contributed by atoms with van der Waals surface area (Å²) in [6.07, 6.45) is 9.50. The van der Waals surface area contributed by atoms with E-state index in [0.717, 1.165) is 12.5 Å². The molecule has 0 aromatic rings. The van der Waals surface area contributed by atoms with Crippen LogP contribution in [-0.2, 0) is 0 Å². The predicted molar refractivity (Wildman–Crippen MR) is 71.6 cm³/mol. The Balaban J connectivity index is 2.28. The van der Waals surface area contributed by atoms with E-state index in [4.69, 9.17) is 5.73 Å². The maximum atomic E-state index is 5.98. The second-order valence-electron chi connectivity index (χ2n) is 5.84. The van der Waals surface area contributed by atoms with Gasteiger partial charge >= 0.3 is 0 Å². The van der Waals surface area contributed by atoms with E-state index in [1.807, 2.05) is 0 Å². The maximum absolute atomic E-state index is 5.98. The molecule has 1 unspecified atom stereocenters. The molecule has 0 saturated heterocycles. The van der Waals surface area contributed by atoms with Gasteiger partial charge in [0.15, 0.2) is 0 Å². The molecular weight excluding hydrogens is 196 g/mol. The highest BCUT2D eigenvalue weighted by Crippen LogP contribution is 2.32. The molecule has 0 aliphatic heterocycles. The fourth-order valence-electron chi connectivity index (χ4n) is 2.29. The molecule has 2 N–H and O–H groups in total. The van der Waals surface area contributed by atoms with Crippen LogP contribution in [0.5, 0.6) is 0 Å². The average molecular weight is 226 g/mol. The quantitative estimate of drug-likeness (QED) is 0.612. The molecule has 0 aromatic heterocycles. The second-order valence-corrected chi connectivity index (χ2v) is 5.84. The Morgan fingerprint density at radius 1 is 1.25 bits per heavy atom. The van der Waals surface area contributed by atoms with Crippen LogP contribution in [-0.4, -0.2) is 30.6 Å². The molecule has 0 spiro atoms. The third-order valence-corrected chi connectivity index (χ3v) is 4.16. The van der Waals surface area contributed by atoms with E-state index in [0.29, 0.717) is 0 Å². The molecule has 1 atom stereocenters. The lowest BCUT2D eigenvalue weighted by atomic mass is 9.92. The van der Waals surface area contributed by atoms with Crippen molar-refractivity contribution in [2.45, 2.75) is 64.3 Å². The van der Waals surface area contributed by atoms with Crippen LogP contribution in [0.4, 0.5) is 0 Å². The molecule has 1 fully saturated rings. The molecular formula is C14H30N2. The Morgan fingerprint density at radius 3 is 2.44 bits per heavy atom. The molecule has 1 rings (SSSR count). The molecule has 16 heavy (non-hydrogen) atoms. The van der Waals surface area contributed by atoms with Crippen LogP contribution in [0.25, 0.3) is 0 Å². The summed E-state index contributed by atoms with van der Waals surface area (Å²) in [6.45, 7) is 6.65. The van der Waals surface area contributed by atoms with Gasteiger partial charge in [0.1, 0.15) is 0 Å². The van der Waals surface area contributed by atoms with Gasteiger partial charge in [-0.15, -0.1) is 0 Å². The van der Waals surface area contributed by atoms with Gasteiger partial charge in [-0.1, -0.05) is 32.6 Å². The minimum atomic E-state index is 0.232. The summed E-state index contributed by atoms with van der Waals surface area (Å²) < 4.78 is 0. The topological polar surface area (TPSA) is 29.3 Å². The van der Waals surface area contributed by atoms with Gasteiger partial charge in [-0.3, -0.25) is 4.90 Å². The summed E-state index contributed by atoms with van der Waals surface area (Å²) in [5.74, 6) is 0.964. The lowest BCUT2D eigenvalue weighted by Crippen LogP contribution is -2.50. The maximum Gasteiger partial charge on any atom is 0.0300 e. The Labute approximate surface area is 102 Å². The monoisotopic (exact) mass is 226 g/mol. The van der Waals surface area contributed by atoms with Crippen LogP contribution >= 0.6 is 0 Å². The Bertz CT molecular complexity index is 189. The number of hydrogen-bond donors (Lipinski definition) is 1. The molecule has 2 heteroatoms. The van der Waals surface area contributed by atoms with E-state index in [1.165, 1.54) is 51.5 Å². The van der Waals surface area contributed by atoms with Crippen LogP contribution in [0.3, 0.4) is 0 Å². The van der Waals surface area contributed by atoms with Gasteiger partial charge in [0.05, 0.1) is 0 Å². The minimum absolute atomic E-state index is 0.232. The van der Waals surface area contributed by atoms with Crippen LogP contribution in [0, 0.1) is 5.92 Å². The fraction of sp³-hybridized carbons (Fsp3) is 1.00. The first-order chi connectivity index (χ1) is 7.62. The van der Waals surface area contributed by atoms with E-state index in [9.17, 15) is 0 Å². The van der Waals surface area contributed by atoms with Crippen molar-refractivity contribution in [1.82, 2.24) is 4.90 Å². The van der Waals surface area contributed by atoms with E-state index in [2.05, 4.69) is 25.8 Å². The number of likely N-dealkylation sites (N-methyl/N-ethyl adjacent to an activating group) is 1. The molecule has 0 aromatic carbocycles. The first-order valence-corrected chi connectivity index (χ1v) is 7.03. The van der Waals surface area contributed by atoms with Gasteiger partial charge in [0.25, 0.3) is 0 Å². The lowest BCUT2D eigenvalue weighted by Gasteiger charge is -2.38. The van der Waals surface area contributed by atoms with Gasteiger partial charge in [0.2, 0.25) is 0 Å². The zero-order valence-electron chi connectivity index (χ0n) is 11.5. The molecule has 1 aliphatic carbocycles. The molecule has 1 aliphatic rings. The summed E-state index contributed by atoms with van der Waals surface area (Å²) in [5.41, 5.74) is 6.21. The van der Waals surface area contributed by atoms with Crippen LogP contribution in [0.1, 0.15) is 58.8 Å². The minimum Gasteiger partial charge on any atom is -0.329 e. The summed E-state index contributed by atoms with van der Waals surface area (Å²) in [6, 6.07) is 0. The first-order valence-electron chi connectivity index (χ1n) is 7.03. The first kappa shape index (κ1) is 14.0. The normalized spacial score (nSPS) is 20.1. The summed E-state index contributed by atoms with van der Waals surface area (Å²) >= 11 is 0. The Kier molecular flexibility index (Phi) is 5.77. The Morgan fingerprint density at radius 2 is 1.94 bits per heavy atom. The van der Waals surface area contributed by atoms with Crippen LogP contribution in [0.15, 0.2) is 0 Å². The largest absolute Gasteiger partial charge is 0.329 e. The molecule has 0 heterocycles. The van der Waals surface area contributed by atoms with Crippen LogP contribution < -0.4 is 5.73 Å². The van der Waals surface area contributed by atoms with E-state index in [1.54, 1.807) is 0 Å². The zero-order chi connectivity index (χ0) is 12.0. The summed E-state index contributed by atoms with van der Waals surface area (Å²) in [7, 11) is 2.25. The van der Waals surface area contributed by atoms with Crippen molar-refractivity contribution in [1.29, 1.82) is 0 Å². The van der Waals surface area contributed by atoms with E-state index >= 15 is 0 Å². The van der Waals surface area contributed by atoms with Crippen molar-refractivity contribution >= 4 is 0 Å². The van der Waals surface area contributed by atoms with Gasteiger partial charge < -0.3 is 5.73 Å².